The number of hydrogen-bond donors (Lipinski definition) is 2. The number of carbonyl (C=O) groups is 2. The Morgan fingerprint density at radius 2 is 2.00 bits per heavy atom. The van der Waals surface area contributed by atoms with E-state index in [-0.39, 0.29) is 12.6 Å². The maximum absolute atomic E-state index is 11.9. The van der Waals surface area contributed by atoms with Crippen LogP contribution in [0.25, 0.3) is 0 Å². The molecule has 0 aliphatic rings. The number of ether oxygens (including phenoxy) is 1. The molecule has 20 heavy (non-hydrogen) atoms. The van der Waals surface area contributed by atoms with Crippen LogP contribution in [0, 0.1) is 13.8 Å². The van der Waals surface area contributed by atoms with E-state index in [2.05, 4.69) is 10.4 Å². The number of anilines is 1. The Hall–Kier alpha value is -1.89. The maximum atomic E-state index is 11.9. The van der Waals surface area contributed by atoms with E-state index in [1.807, 2.05) is 20.8 Å². The van der Waals surface area contributed by atoms with Gasteiger partial charge >= 0.3 is 5.97 Å². The molecule has 1 rings (SSSR count). The largest absolute Gasteiger partial charge is 0.464 e. The van der Waals surface area contributed by atoms with Gasteiger partial charge in [0.2, 0.25) is 0 Å². The molecule has 0 saturated heterocycles. The number of carbonyl (C=O) groups excluding carboxylic acids is 2. The highest BCUT2D eigenvalue weighted by molar-refractivity contribution is 6.08. The van der Waals surface area contributed by atoms with Crippen molar-refractivity contribution in [2.75, 3.05) is 11.9 Å². The van der Waals surface area contributed by atoms with E-state index in [1.54, 1.807) is 18.5 Å². The molecule has 0 aliphatic heterocycles. The number of aryl methyl sites for hydroxylation is 1. The fourth-order valence-electron chi connectivity index (χ4n) is 1.89. The molecule has 1 aromatic heterocycles. The Morgan fingerprint density at radius 3 is 2.45 bits per heavy atom. The first-order chi connectivity index (χ1) is 9.29. The summed E-state index contributed by atoms with van der Waals surface area (Å²) in [5, 5.41) is 6.99. The molecule has 0 spiro atoms. The molecular formula is C13H22N4O3. The number of amides is 1. The van der Waals surface area contributed by atoms with Gasteiger partial charge < -0.3 is 15.8 Å². The fourth-order valence-corrected chi connectivity index (χ4v) is 1.89. The molecular weight excluding hydrogens is 260 g/mol. The van der Waals surface area contributed by atoms with Crippen LogP contribution < -0.4 is 11.1 Å². The van der Waals surface area contributed by atoms with Crippen LogP contribution in [0.1, 0.15) is 38.2 Å². The lowest BCUT2D eigenvalue weighted by Crippen LogP contribution is -2.43. The van der Waals surface area contributed by atoms with Gasteiger partial charge in [0.25, 0.3) is 5.91 Å². The number of hydrogen-bond acceptors (Lipinski definition) is 5. The average Bonchev–Trinajstić information content (AvgIpc) is 2.66. The van der Waals surface area contributed by atoms with Crippen molar-refractivity contribution in [1.82, 2.24) is 9.78 Å². The SMILES string of the molecule is CCOC(=O)C(N)C(=O)Nc1c(C)nn(C(C)C)c1C. The van der Waals surface area contributed by atoms with Gasteiger partial charge in [-0.3, -0.25) is 9.48 Å². The molecule has 0 bridgehead atoms. The van der Waals surface area contributed by atoms with E-state index in [1.165, 1.54) is 0 Å². The lowest BCUT2D eigenvalue weighted by atomic mass is 10.2. The number of esters is 1. The van der Waals surface area contributed by atoms with Gasteiger partial charge in [-0.1, -0.05) is 0 Å². The molecule has 1 atom stereocenters. The van der Waals surface area contributed by atoms with E-state index in [4.69, 9.17) is 10.5 Å². The van der Waals surface area contributed by atoms with E-state index < -0.39 is 17.9 Å². The van der Waals surface area contributed by atoms with Crippen LogP contribution in [0.15, 0.2) is 0 Å². The Morgan fingerprint density at radius 1 is 1.40 bits per heavy atom. The molecule has 1 heterocycles. The van der Waals surface area contributed by atoms with Gasteiger partial charge in [-0.2, -0.15) is 5.10 Å². The highest BCUT2D eigenvalue weighted by atomic mass is 16.5. The Kier molecular flexibility index (Phi) is 5.26. The zero-order valence-electron chi connectivity index (χ0n) is 12.6. The van der Waals surface area contributed by atoms with Gasteiger partial charge in [-0.15, -0.1) is 0 Å². The first-order valence-electron chi connectivity index (χ1n) is 6.58. The van der Waals surface area contributed by atoms with Crippen molar-refractivity contribution in [3.05, 3.63) is 11.4 Å². The second-order valence-corrected chi connectivity index (χ2v) is 4.80. The van der Waals surface area contributed by atoms with Gasteiger partial charge in [-0.25, -0.2) is 4.79 Å². The van der Waals surface area contributed by atoms with Crippen LogP contribution in [-0.2, 0) is 14.3 Å². The summed E-state index contributed by atoms with van der Waals surface area (Å²) in [6.07, 6.45) is 0. The minimum atomic E-state index is -1.34. The molecule has 0 saturated carbocycles. The van der Waals surface area contributed by atoms with Crippen molar-refractivity contribution in [2.24, 2.45) is 5.73 Å². The third kappa shape index (κ3) is 3.36. The summed E-state index contributed by atoms with van der Waals surface area (Å²) in [7, 11) is 0. The summed E-state index contributed by atoms with van der Waals surface area (Å²) in [6, 6.07) is -1.16. The average molecular weight is 282 g/mol. The van der Waals surface area contributed by atoms with Crippen LogP contribution in [-0.4, -0.2) is 34.3 Å². The highest BCUT2D eigenvalue weighted by Gasteiger charge is 2.25. The van der Waals surface area contributed by atoms with Crippen molar-refractivity contribution >= 4 is 17.6 Å². The molecule has 7 heteroatoms. The zero-order chi connectivity index (χ0) is 15.4. The molecule has 0 radical (unpaired) electrons. The minimum Gasteiger partial charge on any atom is -0.464 e. The monoisotopic (exact) mass is 282 g/mol. The van der Waals surface area contributed by atoms with E-state index >= 15 is 0 Å². The Labute approximate surface area is 118 Å². The number of nitrogens with two attached hydrogens (primary N) is 1. The molecule has 3 N–H and O–H groups in total. The summed E-state index contributed by atoms with van der Waals surface area (Å²) in [5.74, 6) is -1.34. The molecule has 112 valence electrons. The van der Waals surface area contributed by atoms with Crippen LogP contribution in [0.2, 0.25) is 0 Å². The molecule has 1 amide bonds. The number of nitrogens with one attached hydrogen (secondary N) is 1. The highest BCUT2D eigenvalue weighted by Crippen LogP contribution is 2.22. The summed E-state index contributed by atoms with van der Waals surface area (Å²) >= 11 is 0. The first-order valence-corrected chi connectivity index (χ1v) is 6.58. The molecule has 7 nitrogen and oxygen atoms in total. The zero-order valence-corrected chi connectivity index (χ0v) is 12.6. The Bertz CT molecular complexity index is 508. The third-order valence-electron chi connectivity index (χ3n) is 2.89. The standard InChI is InChI=1S/C13H22N4O3/c1-6-20-13(19)10(14)12(18)15-11-8(4)16-17(7(2)3)9(11)5/h7,10H,6,14H2,1-5H3,(H,15,18). The summed E-state index contributed by atoms with van der Waals surface area (Å²) in [6.45, 7) is 9.47. The summed E-state index contributed by atoms with van der Waals surface area (Å²) in [5.41, 5.74) is 7.64. The quantitative estimate of drug-likeness (QED) is 0.617. The van der Waals surface area contributed by atoms with Crippen molar-refractivity contribution in [3.63, 3.8) is 0 Å². The summed E-state index contributed by atoms with van der Waals surface area (Å²) in [4.78, 5) is 23.4. The summed E-state index contributed by atoms with van der Waals surface area (Å²) < 4.78 is 6.53. The molecule has 0 fully saturated rings. The van der Waals surface area contributed by atoms with Crippen LogP contribution in [0.5, 0.6) is 0 Å². The topological polar surface area (TPSA) is 99.2 Å². The van der Waals surface area contributed by atoms with E-state index in [0.29, 0.717) is 11.4 Å². The number of nitrogens with zero attached hydrogens (tertiary/aromatic N) is 2. The third-order valence-corrected chi connectivity index (χ3v) is 2.89. The number of aromatic nitrogens is 2. The smallest absolute Gasteiger partial charge is 0.332 e. The second kappa shape index (κ2) is 6.51. The second-order valence-electron chi connectivity index (χ2n) is 4.80. The van der Waals surface area contributed by atoms with Crippen molar-refractivity contribution in [1.29, 1.82) is 0 Å². The first kappa shape index (κ1) is 16.2. The molecule has 1 unspecified atom stereocenters. The van der Waals surface area contributed by atoms with Gasteiger partial charge in [0.1, 0.15) is 0 Å². The van der Waals surface area contributed by atoms with E-state index in [9.17, 15) is 9.59 Å². The Balaban J connectivity index is 2.88. The van der Waals surface area contributed by atoms with Crippen LogP contribution in [0.3, 0.4) is 0 Å². The fraction of sp³-hybridized carbons (Fsp3) is 0.615. The molecule has 0 aliphatic carbocycles. The maximum Gasteiger partial charge on any atom is 0.332 e. The van der Waals surface area contributed by atoms with Gasteiger partial charge in [0.05, 0.1) is 23.7 Å². The van der Waals surface area contributed by atoms with E-state index in [0.717, 1.165) is 5.69 Å². The van der Waals surface area contributed by atoms with Crippen LogP contribution in [0.4, 0.5) is 5.69 Å². The molecule has 1 aromatic rings. The predicted octanol–water partition coefficient (Wildman–Crippen LogP) is 0.910. The normalized spacial score (nSPS) is 12.3. The van der Waals surface area contributed by atoms with Gasteiger partial charge in [0, 0.05) is 6.04 Å². The van der Waals surface area contributed by atoms with Gasteiger partial charge in [0.15, 0.2) is 6.04 Å². The van der Waals surface area contributed by atoms with Crippen LogP contribution >= 0.6 is 0 Å². The van der Waals surface area contributed by atoms with Crippen molar-refractivity contribution < 1.29 is 14.3 Å². The lowest BCUT2D eigenvalue weighted by molar-refractivity contribution is -0.146. The number of rotatable bonds is 5. The predicted molar refractivity (Wildman–Crippen MR) is 75.3 cm³/mol. The molecule has 0 aromatic carbocycles. The van der Waals surface area contributed by atoms with Gasteiger partial charge in [-0.05, 0) is 34.6 Å². The lowest BCUT2D eigenvalue weighted by Gasteiger charge is -2.12. The van der Waals surface area contributed by atoms with Crippen molar-refractivity contribution in [2.45, 2.75) is 46.7 Å². The minimum absolute atomic E-state index is 0.179. The van der Waals surface area contributed by atoms with Crippen molar-refractivity contribution in [3.8, 4) is 0 Å².